The van der Waals surface area contributed by atoms with Crippen molar-refractivity contribution in [2.24, 2.45) is 5.92 Å². The van der Waals surface area contributed by atoms with E-state index in [9.17, 15) is 14.4 Å². The predicted molar refractivity (Wildman–Crippen MR) is 119 cm³/mol. The second-order valence-electron chi connectivity index (χ2n) is 8.05. The van der Waals surface area contributed by atoms with E-state index < -0.39 is 30.2 Å². The smallest absolute Gasteiger partial charge is 0.303 e. The highest BCUT2D eigenvalue weighted by molar-refractivity contribution is 5.74. The number of hydrogen-bond acceptors (Lipinski definition) is 6. The van der Waals surface area contributed by atoms with E-state index in [1.165, 1.54) is 33.6 Å². The van der Waals surface area contributed by atoms with Crippen LogP contribution >= 0.6 is 0 Å². The Labute approximate surface area is 185 Å². The molecule has 0 bridgehead atoms. The van der Waals surface area contributed by atoms with Crippen LogP contribution in [0.15, 0.2) is 24.3 Å². The monoisotopic (exact) mass is 435 g/mol. The minimum absolute atomic E-state index is 0.121. The van der Waals surface area contributed by atoms with Gasteiger partial charge in [-0.05, 0) is 30.0 Å². The second-order valence-corrected chi connectivity index (χ2v) is 8.05. The quantitative estimate of drug-likeness (QED) is 0.366. The van der Waals surface area contributed by atoms with Gasteiger partial charge in [-0.1, -0.05) is 52.2 Å². The van der Waals surface area contributed by atoms with Crippen molar-refractivity contribution in [3.05, 3.63) is 29.8 Å². The number of benzene rings is 1. The van der Waals surface area contributed by atoms with E-state index in [4.69, 9.17) is 14.2 Å². The number of carbonyl (C=O) groups excluding carboxylic acids is 3. The summed E-state index contributed by atoms with van der Waals surface area (Å²) in [5.74, 6) is -0.681. The molecule has 7 nitrogen and oxygen atoms in total. The van der Waals surface area contributed by atoms with Gasteiger partial charge in [-0.3, -0.25) is 14.4 Å². The van der Waals surface area contributed by atoms with Crippen molar-refractivity contribution >= 4 is 17.8 Å². The van der Waals surface area contributed by atoms with Crippen molar-refractivity contribution in [2.45, 2.75) is 85.5 Å². The molecule has 0 saturated heterocycles. The molecule has 0 spiro atoms. The second kappa shape index (κ2) is 13.7. The topological polar surface area (TPSA) is 90.9 Å². The zero-order chi connectivity index (χ0) is 23.4. The third-order valence-electron chi connectivity index (χ3n) is 4.78. The van der Waals surface area contributed by atoms with Crippen LogP contribution in [0.4, 0.5) is 0 Å². The third-order valence-corrected chi connectivity index (χ3v) is 4.78. The molecule has 0 aliphatic carbocycles. The Morgan fingerprint density at radius 3 is 2.00 bits per heavy atom. The minimum Gasteiger partial charge on any atom is -0.494 e. The number of rotatable bonds is 13. The normalized spacial score (nSPS) is 13.8. The number of amides is 1. The molecule has 0 saturated carbocycles. The summed E-state index contributed by atoms with van der Waals surface area (Å²) in [6, 6.07) is 6.48. The van der Waals surface area contributed by atoms with Gasteiger partial charge >= 0.3 is 11.9 Å². The molecule has 0 aliphatic rings. The maximum absolute atomic E-state index is 11.9. The van der Waals surface area contributed by atoms with Crippen LogP contribution in [-0.2, 0) is 23.9 Å². The van der Waals surface area contributed by atoms with Crippen LogP contribution in [0.5, 0.6) is 5.75 Å². The van der Waals surface area contributed by atoms with E-state index >= 15 is 0 Å². The zero-order valence-corrected chi connectivity index (χ0v) is 19.6. The van der Waals surface area contributed by atoms with Crippen molar-refractivity contribution in [3.8, 4) is 5.75 Å². The summed E-state index contributed by atoms with van der Waals surface area (Å²) in [6.07, 6.45) is 2.98. The van der Waals surface area contributed by atoms with Crippen molar-refractivity contribution in [3.63, 3.8) is 0 Å². The van der Waals surface area contributed by atoms with Crippen LogP contribution in [0, 0.1) is 5.92 Å². The molecular formula is C24H37NO6. The fraction of sp³-hybridized carbons (Fsp3) is 0.625. The van der Waals surface area contributed by atoms with Gasteiger partial charge in [0.15, 0.2) is 6.10 Å². The number of esters is 2. The SMILES string of the molecule is CCCCCCOc1ccc(C(OC(C)=O)C(NC(C)=O)C(OC(C)=O)C(C)C)cc1. The molecule has 1 N–H and O–H groups in total. The summed E-state index contributed by atoms with van der Waals surface area (Å²) in [4.78, 5) is 35.5. The highest BCUT2D eigenvalue weighted by Gasteiger charge is 2.37. The maximum Gasteiger partial charge on any atom is 0.303 e. The average molecular weight is 436 g/mol. The van der Waals surface area contributed by atoms with E-state index in [0.717, 1.165) is 18.6 Å². The van der Waals surface area contributed by atoms with E-state index in [1.54, 1.807) is 12.1 Å². The van der Waals surface area contributed by atoms with E-state index in [1.807, 2.05) is 26.0 Å². The number of unbranched alkanes of at least 4 members (excludes halogenated alkanes) is 3. The summed E-state index contributed by atoms with van der Waals surface area (Å²) in [6.45, 7) is 10.6. The fourth-order valence-corrected chi connectivity index (χ4v) is 3.38. The lowest BCUT2D eigenvalue weighted by molar-refractivity contribution is -0.160. The first-order chi connectivity index (χ1) is 14.6. The van der Waals surface area contributed by atoms with Crippen LogP contribution in [0.1, 0.15) is 78.9 Å². The third kappa shape index (κ3) is 9.85. The molecule has 1 rings (SSSR count). The molecule has 3 unspecified atom stereocenters. The molecular weight excluding hydrogens is 398 g/mol. The van der Waals surface area contributed by atoms with Crippen LogP contribution in [-0.4, -0.2) is 36.6 Å². The van der Waals surface area contributed by atoms with Gasteiger partial charge in [0.2, 0.25) is 5.91 Å². The van der Waals surface area contributed by atoms with Gasteiger partial charge in [0.25, 0.3) is 0 Å². The van der Waals surface area contributed by atoms with Gasteiger partial charge < -0.3 is 19.5 Å². The number of nitrogens with one attached hydrogen (secondary N) is 1. The van der Waals surface area contributed by atoms with Gasteiger partial charge in [-0.2, -0.15) is 0 Å². The fourth-order valence-electron chi connectivity index (χ4n) is 3.38. The van der Waals surface area contributed by atoms with Gasteiger partial charge in [-0.25, -0.2) is 0 Å². The summed E-state index contributed by atoms with van der Waals surface area (Å²) in [5.41, 5.74) is 0.671. The Hall–Kier alpha value is -2.57. The Morgan fingerprint density at radius 2 is 1.52 bits per heavy atom. The molecule has 1 amide bonds. The maximum atomic E-state index is 11.9. The molecule has 1 aromatic rings. The zero-order valence-electron chi connectivity index (χ0n) is 19.6. The number of ether oxygens (including phenoxy) is 3. The Balaban J connectivity index is 3.12. The van der Waals surface area contributed by atoms with E-state index in [2.05, 4.69) is 12.2 Å². The van der Waals surface area contributed by atoms with Crippen LogP contribution < -0.4 is 10.1 Å². The highest BCUT2D eigenvalue weighted by Crippen LogP contribution is 2.29. The number of hydrogen-bond donors (Lipinski definition) is 1. The molecule has 1 aromatic carbocycles. The minimum atomic E-state index is -0.827. The first-order valence-electron chi connectivity index (χ1n) is 11.0. The van der Waals surface area contributed by atoms with E-state index in [-0.39, 0.29) is 11.8 Å². The van der Waals surface area contributed by atoms with Crippen LogP contribution in [0.2, 0.25) is 0 Å². The summed E-state index contributed by atoms with van der Waals surface area (Å²) in [5, 5.41) is 2.81. The lowest BCUT2D eigenvalue weighted by Crippen LogP contribution is -2.51. The molecule has 7 heteroatoms. The molecule has 0 aliphatic heterocycles. The van der Waals surface area contributed by atoms with Gasteiger partial charge in [0.1, 0.15) is 17.9 Å². The Morgan fingerprint density at radius 1 is 0.903 bits per heavy atom. The summed E-state index contributed by atoms with van der Waals surface area (Å²) >= 11 is 0. The Bertz CT molecular complexity index is 701. The lowest BCUT2D eigenvalue weighted by Gasteiger charge is -2.35. The average Bonchev–Trinajstić information content (AvgIpc) is 2.68. The van der Waals surface area contributed by atoms with Crippen LogP contribution in [0.25, 0.3) is 0 Å². The van der Waals surface area contributed by atoms with Crippen LogP contribution in [0.3, 0.4) is 0 Å². The van der Waals surface area contributed by atoms with Crippen molar-refractivity contribution in [1.29, 1.82) is 0 Å². The van der Waals surface area contributed by atoms with Gasteiger partial charge in [-0.15, -0.1) is 0 Å². The van der Waals surface area contributed by atoms with Crippen molar-refractivity contribution < 1.29 is 28.6 Å². The predicted octanol–water partition coefficient (Wildman–Crippen LogP) is 4.34. The standard InChI is InChI=1S/C24H37NO6/c1-7-8-9-10-15-29-21-13-11-20(12-14-21)24(31-19(6)28)22(25-17(4)26)23(16(2)3)30-18(5)27/h11-14,16,22-24H,7-10,15H2,1-6H3,(H,25,26). The molecule has 0 aromatic heterocycles. The highest BCUT2D eigenvalue weighted by atomic mass is 16.6. The molecule has 3 atom stereocenters. The van der Waals surface area contributed by atoms with Crippen molar-refractivity contribution in [2.75, 3.05) is 6.61 Å². The van der Waals surface area contributed by atoms with Gasteiger partial charge in [0.05, 0.1) is 6.61 Å². The molecule has 0 heterocycles. The first-order valence-corrected chi connectivity index (χ1v) is 11.0. The molecule has 0 radical (unpaired) electrons. The Kier molecular flexibility index (Phi) is 11.7. The molecule has 174 valence electrons. The number of carbonyl (C=O) groups is 3. The first kappa shape index (κ1) is 26.5. The largest absolute Gasteiger partial charge is 0.494 e. The van der Waals surface area contributed by atoms with E-state index in [0.29, 0.717) is 12.2 Å². The molecule has 0 fully saturated rings. The summed E-state index contributed by atoms with van der Waals surface area (Å²) < 4.78 is 16.9. The van der Waals surface area contributed by atoms with Gasteiger partial charge in [0, 0.05) is 20.8 Å². The lowest BCUT2D eigenvalue weighted by atomic mass is 9.91. The van der Waals surface area contributed by atoms with Crippen molar-refractivity contribution in [1.82, 2.24) is 5.32 Å². The summed E-state index contributed by atoms with van der Waals surface area (Å²) in [7, 11) is 0. The molecule has 31 heavy (non-hydrogen) atoms.